The number of carbonyl (C=O) groups is 1. The molecule has 4 nitrogen and oxygen atoms in total. The topological polar surface area (TPSA) is 64.3 Å². The number of halogens is 1. The molecule has 1 aromatic rings. The fourth-order valence-corrected chi connectivity index (χ4v) is 2.42. The van der Waals surface area contributed by atoms with Crippen LogP contribution >= 0.6 is 23.7 Å². The number of ether oxygens (including phenoxy) is 1. The van der Waals surface area contributed by atoms with Gasteiger partial charge in [0.15, 0.2) is 0 Å². The van der Waals surface area contributed by atoms with Crippen molar-refractivity contribution < 1.29 is 9.53 Å². The van der Waals surface area contributed by atoms with Gasteiger partial charge in [-0.05, 0) is 18.4 Å². The Kier molecular flexibility index (Phi) is 9.01. The zero-order valence-corrected chi connectivity index (χ0v) is 12.4. The Labute approximate surface area is 118 Å². The van der Waals surface area contributed by atoms with Gasteiger partial charge in [0, 0.05) is 31.0 Å². The summed E-state index contributed by atoms with van der Waals surface area (Å²) in [4.78, 5) is 12.9. The van der Waals surface area contributed by atoms with E-state index in [0.717, 1.165) is 6.42 Å². The minimum atomic E-state index is -0.191. The molecule has 6 heteroatoms. The molecule has 3 N–H and O–H groups in total. The molecule has 0 aromatic carbocycles. The van der Waals surface area contributed by atoms with Crippen LogP contribution in [0.3, 0.4) is 0 Å². The average Bonchev–Trinajstić information content (AvgIpc) is 2.78. The molecule has 0 radical (unpaired) electrons. The molecule has 2 atom stereocenters. The molecular weight excluding hydrogens is 272 g/mol. The molecule has 0 saturated heterocycles. The predicted molar refractivity (Wildman–Crippen MR) is 77.3 cm³/mol. The molecular formula is C12H21ClN2O2S. The van der Waals surface area contributed by atoms with Crippen molar-refractivity contribution in [2.45, 2.75) is 31.9 Å². The maximum absolute atomic E-state index is 11.7. The quantitative estimate of drug-likeness (QED) is 0.802. The largest absolute Gasteiger partial charge is 0.380 e. The summed E-state index contributed by atoms with van der Waals surface area (Å²) in [6, 6.07) is 4.23. The Balaban J connectivity index is 0.00000289. The van der Waals surface area contributed by atoms with Gasteiger partial charge in [0.25, 0.3) is 0 Å². The van der Waals surface area contributed by atoms with Crippen LogP contribution in [0.1, 0.15) is 18.2 Å². The van der Waals surface area contributed by atoms with Crippen molar-refractivity contribution in [3.63, 3.8) is 0 Å². The van der Waals surface area contributed by atoms with Gasteiger partial charge in [-0.2, -0.15) is 0 Å². The molecule has 1 heterocycles. The lowest BCUT2D eigenvalue weighted by Gasteiger charge is -2.16. The van der Waals surface area contributed by atoms with Crippen LogP contribution in [0.2, 0.25) is 0 Å². The van der Waals surface area contributed by atoms with Crippen LogP contribution in [0.4, 0.5) is 0 Å². The minimum absolute atomic E-state index is 0. The van der Waals surface area contributed by atoms with E-state index in [1.807, 2.05) is 18.4 Å². The maximum atomic E-state index is 11.7. The minimum Gasteiger partial charge on any atom is -0.380 e. The van der Waals surface area contributed by atoms with Crippen LogP contribution in [-0.2, 0) is 16.0 Å². The molecule has 1 amide bonds. The fraction of sp³-hybridized carbons (Fsp3) is 0.583. The number of amides is 1. The monoisotopic (exact) mass is 292 g/mol. The maximum Gasteiger partial charge on any atom is 0.222 e. The summed E-state index contributed by atoms with van der Waals surface area (Å²) in [5, 5.41) is 4.99. The van der Waals surface area contributed by atoms with E-state index >= 15 is 0 Å². The van der Waals surface area contributed by atoms with E-state index in [1.54, 1.807) is 18.4 Å². The van der Waals surface area contributed by atoms with Gasteiger partial charge >= 0.3 is 0 Å². The van der Waals surface area contributed by atoms with E-state index < -0.39 is 0 Å². The van der Waals surface area contributed by atoms with Gasteiger partial charge in [-0.25, -0.2) is 0 Å². The third-order valence-electron chi connectivity index (χ3n) is 2.50. The third-order valence-corrected chi connectivity index (χ3v) is 3.40. The number of carbonyl (C=O) groups excluding carboxylic acids is 1. The van der Waals surface area contributed by atoms with Crippen molar-refractivity contribution in [2.75, 3.05) is 13.7 Å². The van der Waals surface area contributed by atoms with E-state index in [1.165, 1.54) is 4.88 Å². The van der Waals surface area contributed by atoms with E-state index in [4.69, 9.17) is 10.5 Å². The zero-order chi connectivity index (χ0) is 12.7. The molecule has 0 aliphatic rings. The second-order valence-electron chi connectivity index (χ2n) is 4.05. The van der Waals surface area contributed by atoms with Crippen LogP contribution in [0, 0.1) is 0 Å². The zero-order valence-electron chi connectivity index (χ0n) is 10.7. The number of hydrogen-bond donors (Lipinski definition) is 2. The van der Waals surface area contributed by atoms with Crippen LogP contribution in [0.15, 0.2) is 17.5 Å². The highest BCUT2D eigenvalue weighted by atomic mass is 35.5. The normalized spacial score (nSPS) is 13.5. The lowest BCUT2D eigenvalue weighted by molar-refractivity contribution is -0.123. The fourth-order valence-electron chi connectivity index (χ4n) is 1.58. The number of nitrogens with two attached hydrogens (primary N) is 1. The summed E-state index contributed by atoms with van der Waals surface area (Å²) in [5.74, 6) is -0.00800. The summed E-state index contributed by atoms with van der Waals surface area (Å²) < 4.78 is 5.07. The SMILES string of the molecule is COC(CN)CC(=O)NC(C)Cc1cccs1.Cl. The van der Waals surface area contributed by atoms with Gasteiger partial charge in [0.1, 0.15) is 0 Å². The highest BCUT2D eigenvalue weighted by Gasteiger charge is 2.13. The Morgan fingerprint density at radius 2 is 2.33 bits per heavy atom. The number of rotatable bonds is 7. The number of hydrogen-bond acceptors (Lipinski definition) is 4. The van der Waals surface area contributed by atoms with Crippen LogP contribution in [-0.4, -0.2) is 31.7 Å². The Bertz CT molecular complexity index is 329. The first-order valence-corrected chi connectivity index (χ1v) is 6.58. The lowest BCUT2D eigenvalue weighted by Crippen LogP contribution is -2.37. The van der Waals surface area contributed by atoms with Crippen molar-refractivity contribution in [1.82, 2.24) is 5.32 Å². The summed E-state index contributed by atoms with van der Waals surface area (Å²) in [7, 11) is 1.57. The van der Waals surface area contributed by atoms with E-state index in [9.17, 15) is 4.79 Å². The number of thiophene rings is 1. The van der Waals surface area contributed by atoms with Gasteiger partial charge in [-0.3, -0.25) is 4.79 Å². The summed E-state index contributed by atoms with van der Waals surface area (Å²) in [6.07, 6.45) is 0.995. The second-order valence-corrected chi connectivity index (χ2v) is 5.08. The van der Waals surface area contributed by atoms with E-state index in [-0.39, 0.29) is 30.5 Å². The molecule has 1 aromatic heterocycles. The summed E-state index contributed by atoms with van der Waals surface area (Å²) in [5.41, 5.74) is 5.47. The van der Waals surface area contributed by atoms with Gasteiger partial charge in [-0.1, -0.05) is 6.07 Å². The third kappa shape index (κ3) is 6.35. The molecule has 18 heavy (non-hydrogen) atoms. The molecule has 0 fully saturated rings. The van der Waals surface area contributed by atoms with Gasteiger partial charge < -0.3 is 15.8 Å². The predicted octanol–water partition coefficient (Wildman–Crippen LogP) is 1.58. The summed E-state index contributed by atoms with van der Waals surface area (Å²) in [6.45, 7) is 2.37. The van der Waals surface area contributed by atoms with Crippen molar-refractivity contribution in [1.29, 1.82) is 0 Å². The molecule has 1 rings (SSSR count). The van der Waals surface area contributed by atoms with Crippen molar-refractivity contribution in [3.8, 4) is 0 Å². The standard InChI is InChI=1S/C12H20N2O2S.ClH/c1-9(6-11-4-3-5-17-11)14-12(15)7-10(8-13)16-2;/h3-5,9-10H,6-8,13H2,1-2H3,(H,14,15);1H. The highest BCUT2D eigenvalue weighted by Crippen LogP contribution is 2.11. The van der Waals surface area contributed by atoms with Crippen LogP contribution < -0.4 is 11.1 Å². The molecule has 104 valence electrons. The van der Waals surface area contributed by atoms with Crippen LogP contribution in [0.25, 0.3) is 0 Å². The van der Waals surface area contributed by atoms with E-state index in [0.29, 0.717) is 13.0 Å². The Hall–Kier alpha value is -0.620. The van der Waals surface area contributed by atoms with Crippen molar-refractivity contribution in [2.24, 2.45) is 5.73 Å². The first kappa shape index (κ1) is 17.4. The van der Waals surface area contributed by atoms with Gasteiger partial charge in [-0.15, -0.1) is 23.7 Å². The highest BCUT2D eigenvalue weighted by molar-refractivity contribution is 7.09. The van der Waals surface area contributed by atoms with Gasteiger partial charge in [0.05, 0.1) is 12.5 Å². The molecule has 0 aliphatic carbocycles. The Morgan fingerprint density at radius 1 is 1.61 bits per heavy atom. The number of methoxy groups -OCH3 is 1. The molecule has 0 spiro atoms. The van der Waals surface area contributed by atoms with Crippen LogP contribution in [0.5, 0.6) is 0 Å². The van der Waals surface area contributed by atoms with Gasteiger partial charge in [0.2, 0.25) is 5.91 Å². The average molecular weight is 293 g/mol. The molecule has 0 bridgehead atoms. The Morgan fingerprint density at radius 3 is 2.83 bits per heavy atom. The lowest BCUT2D eigenvalue weighted by atomic mass is 10.2. The summed E-state index contributed by atoms with van der Waals surface area (Å²) >= 11 is 1.71. The van der Waals surface area contributed by atoms with Crippen molar-refractivity contribution >= 4 is 29.7 Å². The first-order chi connectivity index (χ1) is 8.15. The smallest absolute Gasteiger partial charge is 0.222 e. The second kappa shape index (κ2) is 9.33. The van der Waals surface area contributed by atoms with Crippen molar-refractivity contribution in [3.05, 3.63) is 22.4 Å². The first-order valence-electron chi connectivity index (χ1n) is 5.70. The number of nitrogens with one attached hydrogen (secondary N) is 1. The molecule has 0 saturated carbocycles. The van der Waals surface area contributed by atoms with E-state index in [2.05, 4.69) is 11.4 Å². The molecule has 2 unspecified atom stereocenters. The molecule has 0 aliphatic heterocycles.